The summed E-state index contributed by atoms with van der Waals surface area (Å²) in [5, 5.41) is 17.0. The van der Waals surface area contributed by atoms with Gasteiger partial charge in [-0.15, -0.1) is 0 Å². The molecule has 1 atom stereocenters. The molecule has 1 saturated heterocycles. The smallest absolute Gasteiger partial charge is 1.00 e. The number of hydrogen-bond acceptors (Lipinski definition) is 4. The van der Waals surface area contributed by atoms with E-state index in [4.69, 9.17) is 10.2 Å². The van der Waals surface area contributed by atoms with Gasteiger partial charge < -0.3 is 11.6 Å². The van der Waals surface area contributed by atoms with Gasteiger partial charge in [0.1, 0.15) is 6.10 Å². The Morgan fingerprint density at radius 3 is 2.00 bits per heavy atom. The molecule has 2 N–H and O–H groups in total. The molecule has 5 heteroatoms. The molecule has 0 aromatic carbocycles. The van der Waals surface area contributed by atoms with Crippen LogP contribution in [-0.4, -0.2) is 22.3 Å². The van der Waals surface area contributed by atoms with Gasteiger partial charge in [0.2, 0.25) is 0 Å². The number of rotatable bonds is 1. The predicted molar refractivity (Wildman–Crippen MR) is 19.9 cm³/mol. The van der Waals surface area contributed by atoms with E-state index in [0.717, 1.165) is 0 Å². The van der Waals surface area contributed by atoms with Crippen molar-refractivity contribution >= 4 is 0 Å². The summed E-state index contributed by atoms with van der Waals surface area (Å²) >= 11 is 0. The molecule has 1 aliphatic heterocycles. The number of aliphatic hydroxyl groups excluding tert-OH is 1. The average Bonchev–Trinajstić information content (AvgIpc) is 2.21. The van der Waals surface area contributed by atoms with Gasteiger partial charge in [-0.05, 0) is 6.92 Å². The fourth-order valence-corrected chi connectivity index (χ4v) is 0.182. The SMILES string of the molecule is CC(O)C1(O)OO1.[H-].[Na+]. The van der Waals surface area contributed by atoms with E-state index in [1.54, 1.807) is 0 Å². The molecule has 1 rings (SSSR count). The van der Waals surface area contributed by atoms with E-state index in [-0.39, 0.29) is 31.0 Å². The van der Waals surface area contributed by atoms with Gasteiger partial charge in [-0.25, -0.2) is 0 Å². The zero-order chi connectivity index (χ0) is 5.49. The first kappa shape index (κ1) is 8.84. The summed E-state index contributed by atoms with van der Waals surface area (Å²) < 4.78 is 0. The molecule has 0 aromatic heterocycles. The van der Waals surface area contributed by atoms with Gasteiger partial charge >= 0.3 is 35.5 Å². The van der Waals surface area contributed by atoms with Crippen LogP contribution in [-0.2, 0) is 9.78 Å². The summed E-state index contributed by atoms with van der Waals surface area (Å²) in [4.78, 5) is 7.93. The summed E-state index contributed by atoms with van der Waals surface area (Å²) in [5.41, 5.74) is 0. The minimum Gasteiger partial charge on any atom is -1.00 e. The summed E-state index contributed by atoms with van der Waals surface area (Å²) in [5.74, 6) is -1.69. The first-order valence-electron chi connectivity index (χ1n) is 1.92. The molecular weight excluding hydrogens is 123 g/mol. The maximum absolute atomic E-state index is 8.51. The van der Waals surface area contributed by atoms with Crippen molar-refractivity contribution in [1.82, 2.24) is 0 Å². The van der Waals surface area contributed by atoms with Crippen LogP contribution in [0.2, 0.25) is 0 Å². The predicted octanol–water partition coefficient (Wildman–Crippen LogP) is -3.91. The molecule has 4 nitrogen and oxygen atoms in total. The Bertz CT molecular complexity index is 83.9. The first-order chi connectivity index (χ1) is 3.15. The molecule has 0 saturated carbocycles. The van der Waals surface area contributed by atoms with Crippen LogP contribution in [0.4, 0.5) is 0 Å². The van der Waals surface area contributed by atoms with Crippen LogP contribution in [0.3, 0.4) is 0 Å². The Kier molecular flexibility index (Phi) is 2.89. The molecular formula is C3H7NaO4. The van der Waals surface area contributed by atoms with Crippen LogP contribution < -0.4 is 29.6 Å². The molecule has 0 bridgehead atoms. The molecule has 44 valence electrons. The van der Waals surface area contributed by atoms with Gasteiger partial charge in [0.05, 0.1) is 0 Å². The van der Waals surface area contributed by atoms with Crippen molar-refractivity contribution in [2.45, 2.75) is 19.0 Å². The Labute approximate surface area is 70.1 Å². The molecule has 1 fully saturated rings. The quantitative estimate of drug-likeness (QED) is 0.216. The molecule has 1 aliphatic rings. The van der Waals surface area contributed by atoms with E-state index in [0.29, 0.717) is 0 Å². The maximum Gasteiger partial charge on any atom is 1.00 e. The van der Waals surface area contributed by atoms with Crippen molar-refractivity contribution in [3.63, 3.8) is 0 Å². The van der Waals surface area contributed by atoms with Crippen molar-refractivity contribution in [3.8, 4) is 0 Å². The van der Waals surface area contributed by atoms with Crippen LogP contribution in [0.15, 0.2) is 0 Å². The topological polar surface area (TPSA) is 65.5 Å². The zero-order valence-corrected chi connectivity index (χ0v) is 6.79. The Morgan fingerprint density at radius 2 is 2.00 bits per heavy atom. The van der Waals surface area contributed by atoms with E-state index >= 15 is 0 Å². The van der Waals surface area contributed by atoms with Crippen LogP contribution in [0.25, 0.3) is 0 Å². The van der Waals surface area contributed by atoms with Crippen molar-refractivity contribution in [1.29, 1.82) is 0 Å². The van der Waals surface area contributed by atoms with Gasteiger partial charge in [-0.2, -0.15) is 9.78 Å². The summed E-state index contributed by atoms with van der Waals surface area (Å²) in [6.45, 7) is 1.37. The maximum atomic E-state index is 8.51. The Morgan fingerprint density at radius 1 is 1.62 bits per heavy atom. The molecule has 0 spiro atoms. The summed E-state index contributed by atoms with van der Waals surface area (Å²) in [7, 11) is 0. The average molecular weight is 130 g/mol. The third-order valence-corrected chi connectivity index (χ3v) is 0.782. The third-order valence-electron chi connectivity index (χ3n) is 0.782. The molecule has 0 radical (unpaired) electrons. The van der Waals surface area contributed by atoms with E-state index < -0.39 is 12.1 Å². The largest absolute Gasteiger partial charge is 1.00 e. The molecule has 0 amide bonds. The minimum absolute atomic E-state index is 0. The second-order valence-corrected chi connectivity index (χ2v) is 1.47. The van der Waals surface area contributed by atoms with Gasteiger partial charge in [0.15, 0.2) is 0 Å². The van der Waals surface area contributed by atoms with Crippen LogP contribution in [0.5, 0.6) is 0 Å². The summed E-state index contributed by atoms with van der Waals surface area (Å²) in [6, 6.07) is 0. The molecule has 1 unspecified atom stereocenters. The Hall–Kier alpha value is 0.840. The van der Waals surface area contributed by atoms with Crippen molar-refractivity contribution in [2.75, 3.05) is 0 Å². The first-order valence-corrected chi connectivity index (χ1v) is 1.92. The van der Waals surface area contributed by atoms with Crippen LogP contribution in [0, 0.1) is 0 Å². The fraction of sp³-hybridized carbons (Fsp3) is 1.00. The van der Waals surface area contributed by atoms with E-state index in [9.17, 15) is 0 Å². The van der Waals surface area contributed by atoms with Crippen molar-refractivity contribution < 1.29 is 51.0 Å². The third kappa shape index (κ3) is 1.66. The van der Waals surface area contributed by atoms with E-state index in [2.05, 4.69) is 9.78 Å². The van der Waals surface area contributed by atoms with Crippen molar-refractivity contribution in [3.05, 3.63) is 0 Å². The van der Waals surface area contributed by atoms with Crippen LogP contribution >= 0.6 is 0 Å². The second-order valence-electron chi connectivity index (χ2n) is 1.47. The zero-order valence-electron chi connectivity index (χ0n) is 5.79. The normalized spacial score (nSPS) is 25.9. The van der Waals surface area contributed by atoms with Crippen molar-refractivity contribution in [2.24, 2.45) is 0 Å². The molecule has 0 aromatic rings. The molecule has 8 heavy (non-hydrogen) atoms. The monoisotopic (exact) mass is 130 g/mol. The van der Waals surface area contributed by atoms with E-state index in [1.807, 2.05) is 0 Å². The van der Waals surface area contributed by atoms with Crippen LogP contribution in [0.1, 0.15) is 8.35 Å². The Balaban J connectivity index is 0. The minimum atomic E-state index is -1.69. The van der Waals surface area contributed by atoms with Gasteiger partial charge in [0, 0.05) is 0 Å². The molecule has 1 heterocycles. The van der Waals surface area contributed by atoms with E-state index in [1.165, 1.54) is 6.92 Å². The summed E-state index contributed by atoms with van der Waals surface area (Å²) in [6.07, 6.45) is -0.979. The fourth-order valence-electron chi connectivity index (χ4n) is 0.182. The van der Waals surface area contributed by atoms with Gasteiger partial charge in [-0.1, -0.05) is 0 Å². The molecule has 0 aliphatic carbocycles. The standard InChI is InChI=1S/C3H6O4.Na.H/c1-2(4)3(5)6-7-3;;/h2,4-5H,1H3;;/q;+1;-1. The van der Waals surface area contributed by atoms with Gasteiger partial charge in [-0.3, -0.25) is 0 Å². The number of hydrogen-bond donors (Lipinski definition) is 2. The number of aliphatic hydroxyl groups is 2. The second kappa shape index (κ2) is 2.62. The van der Waals surface area contributed by atoms with Gasteiger partial charge in [0.25, 0.3) is 0 Å².